The van der Waals surface area contributed by atoms with Crippen molar-refractivity contribution in [3.63, 3.8) is 0 Å². The first kappa shape index (κ1) is 10.1. The van der Waals surface area contributed by atoms with E-state index in [0.29, 0.717) is 6.54 Å². The Labute approximate surface area is 89.0 Å². The van der Waals surface area contributed by atoms with E-state index < -0.39 is 0 Å². The zero-order chi connectivity index (χ0) is 11.3. The molecule has 0 aliphatic carbocycles. The second kappa shape index (κ2) is 3.01. The molecule has 2 saturated heterocycles. The Kier molecular flexibility index (Phi) is 2.02. The Morgan fingerprint density at radius 1 is 0.933 bits per heavy atom. The van der Waals surface area contributed by atoms with Gasteiger partial charge in [0.05, 0.1) is 0 Å². The summed E-state index contributed by atoms with van der Waals surface area (Å²) in [5.41, 5.74) is 0. The number of rotatable bonds is 1. The molecule has 0 spiro atoms. The van der Waals surface area contributed by atoms with Crippen LogP contribution in [0.1, 0.15) is 6.92 Å². The molecule has 4 amide bonds. The SMILES string of the molecule is CCN1C(=O)N(C)C2C1N(C)C(=O)N2C. The predicted molar refractivity (Wildman–Crippen MR) is 54.0 cm³/mol. The number of urea groups is 2. The van der Waals surface area contributed by atoms with Crippen molar-refractivity contribution >= 4 is 12.1 Å². The normalized spacial score (nSPS) is 30.7. The number of carbonyl (C=O) groups excluding carboxylic acids is 2. The number of nitrogens with zero attached hydrogens (tertiary/aromatic N) is 4. The number of likely N-dealkylation sites (N-methyl/N-ethyl adjacent to an activating group) is 4. The van der Waals surface area contributed by atoms with Crippen molar-refractivity contribution in [2.45, 2.75) is 19.3 Å². The van der Waals surface area contributed by atoms with Gasteiger partial charge in [-0.15, -0.1) is 0 Å². The predicted octanol–water partition coefficient (Wildman–Crippen LogP) is 0.0231. The second-order valence-corrected chi connectivity index (χ2v) is 4.01. The van der Waals surface area contributed by atoms with Crippen LogP contribution in [0.3, 0.4) is 0 Å². The molecule has 6 heteroatoms. The molecule has 2 aliphatic heterocycles. The van der Waals surface area contributed by atoms with E-state index >= 15 is 0 Å². The lowest BCUT2D eigenvalue weighted by atomic mass is 10.3. The summed E-state index contributed by atoms with van der Waals surface area (Å²) in [4.78, 5) is 30.1. The molecule has 2 atom stereocenters. The number of fused-ring (bicyclic) bond motifs is 1. The van der Waals surface area contributed by atoms with E-state index in [0.717, 1.165) is 0 Å². The third kappa shape index (κ3) is 1.04. The largest absolute Gasteiger partial charge is 0.323 e. The molecule has 15 heavy (non-hydrogen) atoms. The van der Waals surface area contributed by atoms with Gasteiger partial charge in [-0.25, -0.2) is 9.59 Å². The number of hydrogen-bond acceptors (Lipinski definition) is 2. The maximum atomic E-state index is 11.8. The molecular weight excluding hydrogens is 196 g/mol. The van der Waals surface area contributed by atoms with E-state index in [-0.39, 0.29) is 24.4 Å². The number of hydrogen-bond donors (Lipinski definition) is 0. The molecule has 0 saturated carbocycles. The van der Waals surface area contributed by atoms with Gasteiger partial charge in [-0.3, -0.25) is 0 Å². The monoisotopic (exact) mass is 212 g/mol. The Morgan fingerprint density at radius 2 is 1.40 bits per heavy atom. The average Bonchev–Trinajstić information content (AvgIpc) is 2.59. The van der Waals surface area contributed by atoms with Crippen molar-refractivity contribution in [3.05, 3.63) is 0 Å². The minimum atomic E-state index is -0.157. The van der Waals surface area contributed by atoms with Gasteiger partial charge in [-0.2, -0.15) is 0 Å². The maximum Gasteiger partial charge on any atom is 0.323 e. The molecule has 0 bridgehead atoms. The van der Waals surface area contributed by atoms with Gasteiger partial charge in [0.2, 0.25) is 0 Å². The summed E-state index contributed by atoms with van der Waals surface area (Å²) >= 11 is 0. The van der Waals surface area contributed by atoms with Gasteiger partial charge in [-0.05, 0) is 6.92 Å². The van der Waals surface area contributed by atoms with Gasteiger partial charge in [-0.1, -0.05) is 0 Å². The first-order chi connectivity index (χ1) is 7.00. The van der Waals surface area contributed by atoms with Crippen molar-refractivity contribution in [3.8, 4) is 0 Å². The van der Waals surface area contributed by atoms with Gasteiger partial charge < -0.3 is 19.6 Å². The van der Waals surface area contributed by atoms with Gasteiger partial charge in [0.15, 0.2) is 0 Å². The third-order valence-electron chi connectivity index (χ3n) is 3.27. The summed E-state index contributed by atoms with van der Waals surface area (Å²) in [5, 5.41) is 0. The van der Waals surface area contributed by atoms with Gasteiger partial charge in [0.1, 0.15) is 12.3 Å². The van der Waals surface area contributed by atoms with Crippen LogP contribution in [0.15, 0.2) is 0 Å². The molecule has 84 valence electrons. The zero-order valence-corrected chi connectivity index (χ0v) is 9.47. The van der Waals surface area contributed by atoms with E-state index in [1.165, 1.54) is 0 Å². The summed E-state index contributed by atoms with van der Waals surface area (Å²) in [6, 6.07) is -0.0542. The Hall–Kier alpha value is -1.46. The summed E-state index contributed by atoms with van der Waals surface area (Å²) in [6.07, 6.45) is -0.306. The van der Waals surface area contributed by atoms with Crippen LogP contribution in [0.5, 0.6) is 0 Å². The minimum absolute atomic E-state index is 0.0151. The Bertz CT molecular complexity index is 319. The van der Waals surface area contributed by atoms with Crippen molar-refractivity contribution in [1.29, 1.82) is 0 Å². The fraction of sp³-hybridized carbons (Fsp3) is 0.778. The summed E-state index contributed by atoms with van der Waals surface area (Å²) in [6.45, 7) is 2.54. The van der Waals surface area contributed by atoms with Crippen LogP contribution in [0.2, 0.25) is 0 Å². The molecule has 2 rings (SSSR count). The molecule has 2 aliphatic rings. The molecule has 0 aromatic rings. The third-order valence-corrected chi connectivity index (χ3v) is 3.27. The lowest BCUT2D eigenvalue weighted by Gasteiger charge is -2.24. The molecule has 0 N–H and O–H groups in total. The second-order valence-electron chi connectivity index (χ2n) is 4.01. The molecule has 0 radical (unpaired) electrons. The average molecular weight is 212 g/mol. The van der Waals surface area contributed by atoms with Crippen LogP contribution in [-0.4, -0.2) is 71.7 Å². The van der Waals surface area contributed by atoms with E-state index in [1.54, 1.807) is 40.7 Å². The van der Waals surface area contributed by atoms with Crippen LogP contribution in [0.4, 0.5) is 9.59 Å². The lowest BCUT2D eigenvalue weighted by molar-refractivity contribution is 0.148. The van der Waals surface area contributed by atoms with Crippen LogP contribution in [0.25, 0.3) is 0 Å². The van der Waals surface area contributed by atoms with E-state index in [1.807, 2.05) is 6.92 Å². The van der Waals surface area contributed by atoms with E-state index in [9.17, 15) is 9.59 Å². The first-order valence-corrected chi connectivity index (χ1v) is 5.03. The molecule has 6 nitrogen and oxygen atoms in total. The van der Waals surface area contributed by atoms with Crippen LogP contribution >= 0.6 is 0 Å². The van der Waals surface area contributed by atoms with Crippen LogP contribution in [-0.2, 0) is 0 Å². The van der Waals surface area contributed by atoms with Crippen molar-refractivity contribution in [1.82, 2.24) is 19.6 Å². The topological polar surface area (TPSA) is 47.1 Å². The summed E-state index contributed by atoms with van der Waals surface area (Å²) in [5.74, 6) is 0. The molecule has 2 fully saturated rings. The minimum Gasteiger partial charge on any atom is -0.303 e. The summed E-state index contributed by atoms with van der Waals surface area (Å²) < 4.78 is 0. The van der Waals surface area contributed by atoms with Crippen LogP contribution in [0, 0.1) is 0 Å². The maximum absolute atomic E-state index is 11.8. The molecule has 2 unspecified atom stereocenters. The highest BCUT2D eigenvalue weighted by Gasteiger charge is 2.54. The number of carbonyl (C=O) groups is 2. The number of amides is 4. The van der Waals surface area contributed by atoms with Crippen molar-refractivity contribution < 1.29 is 9.59 Å². The highest BCUT2D eigenvalue weighted by Crippen LogP contribution is 2.31. The fourth-order valence-electron chi connectivity index (χ4n) is 2.46. The Balaban J connectivity index is 2.38. The lowest BCUT2D eigenvalue weighted by Crippen LogP contribution is -2.44. The quantitative estimate of drug-likeness (QED) is 0.615. The molecule has 0 aromatic carbocycles. The zero-order valence-electron chi connectivity index (χ0n) is 9.47. The van der Waals surface area contributed by atoms with Crippen LogP contribution < -0.4 is 0 Å². The standard InChI is InChI=1S/C9H16N4O2/c1-5-13-7-6(11(3)9(13)15)10(2)8(14)12(7)4/h6-7H,5H2,1-4H3. The van der Waals surface area contributed by atoms with Gasteiger partial charge in [0, 0.05) is 27.7 Å². The highest BCUT2D eigenvalue weighted by molar-refractivity contribution is 5.84. The fourth-order valence-corrected chi connectivity index (χ4v) is 2.46. The van der Waals surface area contributed by atoms with E-state index in [2.05, 4.69) is 0 Å². The van der Waals surface area contributed by atoms with E-state index in [4.69, 9.17) is 0 Å². The highest BCUT2D eigenvalue weighted by atomic mass is 16.2. The molecule has 2 heterocycles. The van der Waals surface area contributed by atoms with Gasteiger partial charge >= 0.3 is 12.1 Å². The van der Waals surface area contributed by atoms with Crippen molar-refractivity contribution in [2.75, 3.05) is 27.7 Å². The molecule has 0 aromatic heterocycles. The Morgan fingerprint density at radius 3 is 1.93 bits per heavy atom. The first-order valence-electron chi connectivity index (χ1n) is 5.03. The van der Waals surface area contributed by atoms with Gasteiger partial charge in [0.25, 0.3) is 0 Å². The summed E-state index contributed by atoms with van der Waals surface area (Å²) in [7, 11) is 5.20. The van der Waals surface area contributed by atoms with Crippen molar-refractivity contribution in [2.24, 2.45) is 0 Å². The smallest absolute Gasteiger partial charge is 0.303 e. The molecular formula is C9H16N4O2.